The van der Waals surface area contributed by atoms with E-state index < -0.39 is 0 Å². The summed E-state index contributed by atoms with van der Waals surface area (Å²) in [6.45, 7) is 4.28. The second kappa shape index (κ2) is 4.90. The van der Waals surface area contributed by atoms with Crippen LogP contribution in [0.1, 0.15) is 13.8 Å². The molecule has 88 valence electrons. The predicted molar refractivity (Wildman–Crippen MR) is 70.5 cm³/mol. The number of hydrogen-bond acceptors (Lipinski definition) is 5. The quantitative estimate of drug-likeness (QED) is 0.632. The highest BCUT2D eigenvalue weighted by atomic mass is 32.2. The molecule has 0 N–H and O–H groups in total. The lowest BCUT2D eigenvalue weighted by molar-refractivity contribution is 0.635. The first-order valence-corrected chi connectivity index (χ1v) is 6.97. The highest BCUT2D eigenvalue weighted by molar-refractivity contribution is 8.00. The standard InChI is InChI=1S/C11H11N3OS2/c1-3-14-10(15)9-8(4-5-16-9)13-11(14)17-7(2)6-12/h4-5,7H,3H2,1-2H3. The Morgan fingerprint density at radius 3 is 3.12 bits per heavy atom. The van der Waals surface area contributed by atoms with E-state index in [1.54, 1.807) is 11.5 Å². The molecule has 0 saturated heterocycles. The summed E-state index contributed by atoms with van der Waals surface area (Å²) in [5.74, 6) is 0. The third kappa shape index (κ3) is 2.21. The smallest absolute Gasteiger partial charge is 0.272 e. The molecule has 17 heavy (non-hydrogen) atoms. The van der Waals surface area contributed by atoms with Gasteiger partial charge in [-0.25, -0.2) is 4.98 Å². The summed E-state index contributed by atoms with van der Waals surface area (Å²) in [5, 5.41) is 11.1. The second-order valence-corrected chi connectivity index (χ2v) is 5.69. The van der Waals surface area contributed by atoms with E-state index in [-0.39, 0.29) is 10.8 Å². The van der Waals surface area contributed by atoms with Crippen LogP contribution in [0.15, 0.2) is 21.4 Å². The maximum atomic E-state index is 12.1. The Hall–Kier alpha value is -1.32. The van der Waals surface area contributed by atoms with E-state index >= 15 is 0 Å². The fourth-order valence-corrected chi connectivity index (χ4v) is 3.11. The van der Waals surface area contributed by atoms with Gasteiger partial charge in [-0.2, -0.15) is 5.26 Å². The molecule has 2 rings (SSSR count). The van der Waals surface area contributed by atoms with Gasteiger partial charge in [0.25, 0.3) is 5.56 Å². The Morgan fingerprint density at radius 2 is 2.47 bits per heavy atom. The number of thiophene rings is 1. The van der Waals surface area contributed by atoms with Crippen LogP contribution in [0.25, 0.3) is 10.2 Å². The summed E-state index contributed by atoms with van der Waals surface area (Å²) >= 11 is 2.73. The zero-order chi connectivity index (χ0) is 12.4. The number of thioether (sulfide) groups is 1. The number of nitriles is 1. The maximum absolute atomic E-state index is 12.1. The molecule has 0 bridgehead atoms. The van der Waals surface area contributed by atoms with Gasteiger partial charge >= 0.3 is 0 Å². The van der Waals surface area contributed by atoms with Crippen molar-refractivity contribution in [2.75, 3.05) is 0 Å². The van der Waals surface area contributed by atoms with E-state index in [2.05, 4.69) is 11.1 Å². The summed E-state index contributed by atoms with van der Waals surface area (Å²) in [4.78, 5) is 16.6. The normalized spacial score (nSPS) is 12.5. The van der Waals surface area contributed by atoms with Crippen LogP contribution in [0.5, 0.6) is 0 Å². The first-order chi connectivity index (χ1) is 8.17. The van der Waals surface area contributed by atoms with Gasteiger partial charge in [-0.05, 0) is 25.3 Å². The van der Waals surface area contributed by atoms with E-state index in [1.807, 2.05) is 18.4 Å². The monoisotopic (exact) mass is 265 g/mol. The molecule has 2 aromatic heterocycles. The molecule has 0 aliphatic carbocycles. The lowest BCUT2D eigenvalue weighted by Crippen LogP contribution is -2.22. The van der Waals surface area contributed by atoms with E-state index in [0.29, 0.717) is 16.4 Å². The Bertz CT molecular complexity index is 638. The van der Waals surface area contributed by atoms with Crippen LogP contribution >= 0.6 is 23.1 Å². The molecule has 2 aromatic rings. The minimum absolute atomic E-state index is 0.0138. The third-order valence-corrected chi connectivity index (χ3v) is 4.18. The van der Waals surface area contributed by atoms with Crippen molar-refractivity contribution in [1.29, 1.82) is 5.26 Å². The van der Waals surface area contributed by atoms with Gasteiger partial charge in [0.1, 0.15) is 4.70 Å². The van der Waals surface area contributed by atoms with Gasteiger partial charge < -0.3 is 0 Å². The molecule has 0 amide bonds. The topological polar surface area (TPSA) is 58.7 Å². The Kier molecular flexibility index (Phi) is 3.50. The molecular formula is C11H11N3OS2. The van der Waals surface area contributed by atoms with Crippen molar-refractivity contribution in [2.45, 2.75) is 30.8 Å². The minimum Gasteiger partial charge on any atom is -0.287 e. The summed E-state index contributed by atoms with van der Waals surface area (Å²) in [5.41, 5.74) is 0.706. The molecule has 6 heteroatoms. The van der Waals surface area contributed by atoms with Gasteiger partial charge in [0.15, 0.2) is 5.16 Å². The molecule has 0 fully saturated rings. The molecule has 0 spiro atoms. The summed E-state index contributed by atoms with van der Waals surface area (Å²) in [6, 6.07) is 3.97. The van der Waals surface area contributed by atoms with Crippen LogP contribution in [0.2, 0.25) is 0 Å². The summed E-state index contributed by atoms with van der Waals surface area (Å²) in [6.07, 6.45) is 0. The zero-order valence-electron chi connectivity index (χ0n) is 9.51. The fourth-order valence-electron chi connectivity index (χ4n) is 1.48. The lowest BCUT2D eigenvalue weighted by Gasteiger charge is -2.10. The zero-order valence-corrected chi connectivity index (χ0v) is 11.1. The average Bonchev–Trinajstić information content (AvgIpc) is 2.77. The average molecular weight is 265 g/mol. The third-order valence-electron chi connectivity index (χ3n) is 2.31. The first kappa shape index (κ1) is 12.1. The molecular weight excluding hydrogens is 254 g/mol. The van der Waals surface area contributed by atoms with E-state index in [0.717, 1.165) is 5.52 Å². The van der Waals surface area contributed by atoms with Gasteiger partial charge in [-0.15, -0.1) is 11.3 Å². The molecule has 0 aromatic carbocycles. The van der Waals surface area contributed by atoms with E-state index in [9.17, 15) is 4.79 Å². The Morgan fingerprint density at radius 1 is 1.71 bits per heavy atom. The van der Waals surface area contributed by atoms with Crippen LogP contribution in [0, 0.1) is 11.3 Å². The van der Waals surface area contributed by atoms with Crippen LogP contribution in [-0.4, -0.2) is 14.8 Å². The summed E-state index contributed by atoms with van der Waals surface area (Å²) in [7, 11) is 0. The molecule has 2 heterocycles. The summed E-state index contributed by atoms with van der Waals surface area (Å²) < 4.78 is 2.30. The molecule has 0 saturated carbocycles. The van der Waals surface area contributed by atoms with Crippen molar-refractivity contribution in [1.82, 2.24) is 9.55 Å². The fraction of sp³-hybridized carbons (Fsp3) is 0.364. The van der Waals surface area contributed by atoms with Gasteiger partial charge in [-0.1, -0.05) is 11.8 Å². The second-order valence-electron chi connectivity index (χ2n) is 3.47. The van der Waals surface area contributed by atoms with Crippen molar-refractivity contribution < 1.29 is 0 Å². The number of aromatic nitrogens is 2. The minimum atomic E-state index is -0.212. The molecule has 0 aliphatic heterocycles. The molecule has 0 radical (unpaired) electrons. The molecule has 0 aliphatic rings. The van der Waals surface area contributed by atoms with Gasteiger partial charge in [0.2, 0.25) is 0 Å². The van der Waals surface area contributed by atoms with Crippen LogP contribution in [-0.2, 0) is 6.54 Å². The number of hydrogen-bond donors (Lipinski definition) is 0. The first-order valence-electron chi connectivity index (χ1n) is 5.21. The van der Waals surface area contributed by atoms with Crippen molar-refractivity contribution in [3.05, 3.63) is 21.8 Å². The maximum Gasteiger partial charge on any atom is 0.272 e. The van der Waals surface area contributed by atoms with Gasteiger partial charge in [0.05, 0.1) is 16.8 Å². The van der Waals surface area contributed by atoms with Gasteiger partial charge in [-0.3, -0.25) is 9.36 Å². The number of rotatable bonds is 3. The largest absolute Gasteiger partial charge is 0.287 e. The van der Waals surface area contributed by atoms with Crippen molar-refractivity contribution in [3.8, 4) is 6.07 Å². The SMILES string of the molecule is CCn1c(SC(C)C#N)nc2ccsc2c1=O. The van der Waals surface area contributed by atoms with Crippen LogP contribution in [0.3, 0.4) is 0 Å². The Balaban J connectivity index is 2.61. The molecule has 4 nitrogen and oxygen atoms in total. The molecule has 1 unspecified atom stereocenters. The predicted octanol–water partition coefficient (Wildman–Crippen LogP) is 2.48. The Labute approximate surface area is 107 Å². The van der Waals surface area contributed by atoms with Crippen molar-refractivity contribution in [3.63, 3.8) is 0 Å². The highest BCUT2D eigenvalue weighted by Crippen LogP contribution is 2.23. The number of nitrogens with zero attached hydrogens (tertiary/aromatic N) is 3. The molecule has 1 atom stereocenters. The van der Waals surface area contributed by atoms with Crippen molar-refractivity contribution >= 4 is 33.3 Å². The van der Waals surface area contributed by atoms with Crippen LogP contribution < -0.4 is 5.56 Å². The van der Waals surface area contributed by atoms with E-state index in [4.69, 9.17) is 5.26 Å². The lowest BCUT2D eigenvalue weighted by atomic mass is 10.4. The van der Waals surface area contributed by atoms with Crippen molar-refractivity contribution in [2.24, 2.45) is 0 Å². The van der Waals surface area contributed by atoms with Gasteiger partial charge in [0, 0.05) is 6.54 Å². The van der Waals surface area contributed by atoms with Crippen LogP contribution in [0.4, 0.5) is 0 Å². The van der Waals surface area contributed by atoms with E-state index in [1.165, 1.54) is 23.1 Å². The highest BCUT2D eigenvalue weighted by Gasteiger charge is 2.13. The number of fused-ring (bicyclic) bond motifs is 1.